The van der Waals surface area contributed by atoms with Crippen molar-refractivity contribution in [3.63, 3.8) is 0 Å². The van der Waals surface area contributed by atoms with E-state index in [1.165, 1.54) is 20.0 Å². The predicted molar refractivity (Wildman–Crippen MR) is 56.2 cm³/mol. The van der Waals surface area contributed by atoms with E-state index in [0.29, 0.717) is 12.0 Å². The summed E-state index contributed by atoms with van der Waals surface area (Å²) in [6.07, 6.45) is 2.48. The summed E-state index contributed by atoms with van der Waals surface area (Å²) in [6, 6.07) is 0. The molecule has 4 rings (SSSR count). The molecule has 0 aromatic rings. The first-order valence-electron chi connectivity index (χ1n) is 5.83. The van der Waals surface area contributed by atoms with Crippen LogP contribution in [-0.2, 0) is 9.53 Å². The zero-order valence-corrected chi connectivity index (χ0v) is 9.67. The topological polar surface area (TPSA) is 38.3 Å². The van der Waals surface area contributed by atoms with Crippen molar-refractivity contribution >= 4 is 5.97 Å². The van der Waals surface area contributed by atoms with Crippen molar-refractivity contribution in [2.45, 2.75) is 32.2 Å². The molecule has 0 aromatic carbocycles. The molecule has 0 amide bonds. The molecule has 0 radical (unpaired) electrons. The molecule has 0 saturated heterocycles. The van der Waals surface area contributed by atoms with E-state index < -0.39 is 0 Å². The number of nitrogens with one attached hydrogen (secondary N) is 1. The van der Waals surface area contributed by atoms with Crippen LogP contribution in [0, 0.1) is 23.2 Å². The Morgan fingerprint density at radius 3 is 2.40 bits per heavy atom. The maximum atomic E-state index is 11.1. The summed E-state index contributed by atoms with van der Waals surface area (Å²) in [6.45, 7) is 5.03. The van der Waals surface area contributed by atoms with E-state index in [9.17, 15) is 4.79 Å². The summed E-state index contributed by atoms with van der Waals surface area (Å²) >= 11 is 0. The predicted octanol–water partition coefficient (Wildman–Crippen LogP) is 1.18. The Morgan fingerprint density at radius 2 is 1.93 bits per heavy atom. The number of rotatable bonds is 3. The van der Waals surface area contributed by atoms with Crippen molar-refractivity contribution in [3.8, 4) is 0 Å². The highest BCUT2D eigenvalue weighted by Gasteiger charge is 2.85. The number of hydrogen-bond acceptors (Lipinski definition) is 3. The normalized spacial score (nSPS) is 54.5. The van der Waals surface area contributed by atoms with Gasteiger partial charge in [0, 0.05) is 5.54 Å². The van der Waals surface area contributed by atoms with Gasteiger partial charge in [-0.25, -0.2) is 0 Å². The molecule has 4 aliphatic rings. The van der Waals surface area contributed by atoms with Gasteiger partial charge in [0.15, 0.2) is 0 Å². The third-order valence-electron chi connectivity index (χ3n) is 5.19. The van der Waals surface area contributed by atoms with E-state index in [0.717, 1.165) is 17.8 Å². The molecule has 1 N–H and O–H groups in total. The lowest BCUT2D eigenvalue weighted by Crippen LogP contribution is -2.50. The number of carbonyl (C=O) groups is 1. The second-order valence-corrected chi connectivity index (χ2v) is 6.00. The van der Waals surface area contributed by atoms with Crippen LogP contribution in [0.25, 0.3) is 0 Å². The summed E-state index contributed by atoms with van der Waals surface area (Å²) in [5.74, 6) is 2.75. The van der Waals surface area contributed by atoms with Gasteiger partial charge in [0.05, 0.1) is 13.7 Å². The SMILES string of the molecule is COC(=O)CNC1(C)CC2C3C(C1)C23C. The molecule has 4 fully saturated rings. The lowest BCUT2D eigenvalue weighted by Gasteiger charge is -2.40. The van der Waals surface area contributed by atoms with Gasteiger partial charge >= 0.3 is 5.97 Å². The van der Waals surface area contributed by atoms with Gasteiger partial charge in [-0.3, -0.25) is 4.79 Å². The molecule has 15 heavy (non-hydrogen) atoms. The van der Waals surface area contributed by atoms with Gasteiger partial charge in [0.2, 0.25) is 0 Å². The smallest absolute Gasteiger partial charge is 0.319 e. The Bertz CT molecular complexity index is 312. The molecule has 0 aliphatic heterocycles. The Balaban J connectivity index is 1.56. The van der Waals surface area contributed by atoms with Gasteiger partial charge in [-0.15, -0.1) is 0 Å². The van der Waals surface area contributed by atoms with Gasteiger partial charge in [-0.05, 0) is 42.9 Å². The fraction of sp³-hybridized carbons (Fsp3) is 0.917. The van der Waals surface area contributed by atoms with Crippen LogP contribution in [0.4, 0.5) is 0 Å². The number of fused-ring (bicyclic) bond motifs is 2. The second-order valence-electron chi connectivity index (χ2n) is 6.00. The number of methoxy groups -OCH3 is 1. The summed E-state index contributed by atoms with van der Waals surface area (Å²) in [5, 5.41) is 3.37. The highest BCUT2D eigenvalue weighted by molar-refractivity contribution is 5.71. The molecule has 0 aromatic heterocycles. The molecule has 0 heterocycles. The number of carbonyl (C=O) groups excluding carboxylic acids is 1. The third kappa shape index (κ3) is 1.13. The molecule has 2 bridgehead atoms. The van der Waals surface area contributed by atoms with Crippen LogP contribution in [0.15, 0.2) is 0 Å². The lowest BCUT2D eigenvalue weighted by molar-refractivity contribution is -0.140. The Morgan fingerprint density at radius 1 is 1.40 bits per heavy atom. The highest BCUT2D eigenvalue weighted by Crippen LogP contribution is 2.89. The Kier molecular flexibility index (Phi) is 1.65. The fourth-order valence-electron chi connectivity index (χ4n) is 4.01. The third-order valence-corrected chi connectivity index (χ3v) is 5.19. The van der Waals surface area contributed by atoms with Crippen LogP contribution in [-0.4, -0.2) is 25.2 Å². The molecule has 3 heteroatoms. The average molecular weight is 209 g/mol. The van der Waals surface area contributed by atoms with Crippen molar-refractivity contribution in [3.05, 3.63) is 0 Å². The van der Waals surface area contributed by atoms with E-state index >= 15 is 0 Å². The van der Waals surface area contributed by atoms with Crippen molar-refractivity contribution in [1.29, 1.82) is 0 Å². The van der Waals surface area contributed by atoms with Crippen molar-refractivity contribution < 1.29 is 9.53 Å². The summed E-state index contributed by atoms with van der Waals surface area (Å²) in [7, 11) is 1.44. The largest absolute Gasteiger partial charge is 0.468 e. The van der Waals surface area contributed by atoms with Gasteiger partial charge in [-0.1, -0.05) is 6.92 Å². The van der Waals surface area contributed by atoms with Gasteiger partial charge in [0.1, 0.15) is 0 Å². The van der Waals surface area contributed by atoms with Crippen LogP contribution in [0.1, 0.15) is 26.7 Å². The lowest BCUT2D eigenvalue weighted by atomic mass is 9.72. The zero-order valence-electron chi connectivity index (χ0n) is 9.67. The highest BCUT2D eigenvalue weighted by atomic mass is 16.5. The minimum Gasteiger partial charge on any atom is -0.468 e. The second kappa shape index (κ2) is 2.57. The van der Waals surface area contributed by atoms with Crippen LogP contribution < -0.4 is 5.32 Å². The molecule has 2 atom stereocenters. The first-order chi connectivity index (χ1) is 7.01. The monoisotopic (exact) mass is 209 g/mol. The van der Waals surface area contributed by atoms with Gasteiger partial charge in [-0.2, -0.15) is 0 Å². The first kappa shape index (κ1) is 9.64. The van der Waals surface area contributed by atoms with Crippen molar-refractivity contribution in [2.24, 2.45) is 23.2 Å². The average Bonchev–Trinajstić information content (AvgIpc) is 3.02. The number of esters is 1. The molecule has 0 spiro atoms. The Labute approximate surface area is 90.6 Å². The fourth-order valence-corrected chi connectivity index (χ4v) is 4.01. The van der Waals surface area contributed by atoms with Crippen molar-refractivity contribution in [2.75, 3.05) is 13.7 Å². The summed E-state index contributed by atoms with van der Waals surface area (Å²) in [4.78, 5) is 11.1. The molecule has 4 saturated carbocycles. The van der Waals surface area contributed by atoms with E-state index in [-0.39, 0.29) is 11.5 Å². The van der Waals surface area contributed by atoms with Crippen LogP contribution in [0.3, 0.4) is 0 Å². The molecule has 2 unspecified atom stereocenters. The van der Waals surface area contributed by atoms with Crippen molar-refractivity contribution in [1.82, 2.24) is 5.32 Å². The Hall–Kier alpha value is -0.570. The molecule has 4 aliphatic carbocycles. The first-order valence-corrected chi connectivity index (χ1v) is 5.83. The maximum absolute atomic E-state index is 11.1. The minimum atomic E-state index is -0.158. The summed E-state index contributed by atoms with van der Waals surface area (Å²) < 4.78 is 4.65. The van der Waals surface area contributed by atoms with E-state index in [2.05, 4.69) is 23.9 Å². The number of ether oxygens (including phenoxy) is 1. The van der Waals surface area contributed by atoms with Gasteiger partial charge in [0.25, 0.3) is 0 Å². The van der Waals surface area contributed by atoms with Crippen LogP contribution in [0.5, 0.6) is 0 Å². The molecular weight excluding hydrogens is 190 g/mol. The van der Waals surface area contributed by atoms with E-state index in [1.54, 1.807) is 0 Å². The summed E-state index contributed by atoms with van der Waals surface area (Å²) in [5.41, 5.74) is 0.891. The molecule has 3 nitrogen and oxygen atoms in total. The van der Waals surface area contributed by atoms with E-state index in [1.807, 2.05) is 0 Å². The minimum absolute atomic E-state index is 0.158. The van der Waals surface area contributed by atoms with Gasteiger partial charge < -0.3 is 10.1 Å². The van der Waals surface area contributed by atoms with E-state index in [4.69, 9.17) is 0 Å². The molecule has 84 valence electrons. The van der Waals surface area contributed by atoms with Crippen LogP contribution >= 0.6 is 0 Å². The number of hydrogen-bond donors (Lipinski definition) is 1. The maximum Gasteiger partial charge on any atom is 0.319 e. The standard InChI is InChI=1S/C12H19NO2/c1-11(13-6-9(14)15-3)4-7-10-8(5-11)12(7,10)2/h7-8,10,13H,4-6H2,1-3H3. The quantitative estimate of drug-likeness (QED) is 0.709. The van der Waals surface area contributed by atoms with Crippen LogP contribution in [0.2, 0.25) is 0 Å². The molecular formula is C12H19NO2. The zero-order chi connectivity index (χ0) is 10.8.